The maximum Gasteiger partial charge on any atom is 0.153 e. The van der Waals surface area contributed by atoms with E-state index in [2.05, 4.69) is 0 Å². The van der Waals surface area contributed by atoms with Gasteiger partial charge in [-0.25, -0.2) is 0 Å². The summed E-state index contributed by atoms with van der Waals surface area (Å²) in [7, 11) is 0. The minimum Gasteiger partial charge on any atom is -0.506 e. The van der Waals surface area contributed by atoms with Crippen molar-refractivity contribution < 1.29 is 9.90 Å². The minimum absolute atomic E-state index is 0.146. The van der Waals surface area contributed by atoms with Gasteiger partial charge in [0.05, 0.1) is 10.6 Å². The molecule has 0 saturated heterocycles. The van der Waals surface area contributed by atoms with Crippen molar-refractivity contribution in [1.29, 1.82) is 0 Å². The number of phenolic OH excluding ortho intramolecular Hbond substituents is 1. The van der Waals surface area contributed by atoms with Gasteiger partial charge in [-0.15, -0.1) is 0 Å². The second-order valence-corrected chi connectivity index (χ2v) is 2.71. The van der Waals surface area contributed by atoms with E-state index in [4.69, 9.17) is 16.7 Å². The van der Waals surface area contributed by atoms with Gasteiger partial charge >= 0.3 is 0 Å². The fourth-order valence-electron chi connectivity index (χ4n) is 0.851. The molecular formula is C10H13ClO2. The minimum atomic E-state index is -0.146. The summed E-state index contributed by atoms with van der Waals surface area (Å²) in [5, 5.41) is 9.37. The van der Waals surface area contributed by atoms with Gasteiger partial charge in [0.2, 0.25) is 0 Å². The van der Waals surface area contributed by atoms with Crippen molar-refractivity contribution in [3.8, 4) is 5.75 Å². The van der Waals surface area contributed by atoms with Crippen LogP contribution in [-0.4, -0.2) is 11.4 Å². The van der Waals surface area contributed by atoms with Crippen LogP contribution in [-0.2, 0) is 0 Å². The average Bonchev–Trinajstić information content (AvgIpc) is 2.14. The number of aldehydes is 1. The van der Waals surface area contributed by atoms with Crippen molar-refractivity contribution in [1.82, 2.24) is 0 Å². The summed E-state index contributed by atoms with van der Waals surface area (Å²) < 4.78 is 0. The second kappa shape index (κ2) is 5.60. The van der Waals surface area contributed by atoms with Gasteiger partial charge in [-0.3, -0.25) is 4.79 Å². The third-order valence-corrected chi connectivity index (χ3v) is 1.65. The lowest BCUT2D eigenvalue weighted by molar-refractivity contribution is 0.112. The molecule has 0 saturated carbocycles. The van der Waals surface area contributed by atoms with Gasteiger partial charge in [-0.1, -0.05) is 25.4 Å². The molecule has 3 heteroatoms. The van der Waals surface area contributed by atoms with Crippen molar-refractivity contribution in [2.45, 2.75) is 20.8 Å². The molecule has 13 heavy (non-hydrogen) atoms. The van der Waals surface area contributed by atoms with E-state index in [1.165, 1.54) is 0 Å². The van der Waals surface area contributed by atoms with E-state index in [1.54, 1.807) is 19.1 Å². The predicted molar refractivity (Wildman–Crippen MR) is 54.6 cm³/mol. The topological polar surface area (TPSA) is 37.3 Å². The molecule has 1 aromatic rings. The molecule has 0 bridgehead atoms. The van der Waals surface area contributed by atoms with Gasteiger partial charge < -0.3 is 5.11 Å². The molecule has 0 fully saturated rings. The van der Waals surface area contributed by atoms with Crippen molar-refractivity contribution in [3.63, 3.8) is 0 Å². The lowest BCUT2D eigenvalue weighted by Gasteiger charge is -2.00. The highest BCUT2D eigenvalue weighted by Gasteiger charge is 2.04. The van der Waals surface area contributed by atoms with E-state index in [0.29, 0.717) is 6.29 Å². The van der Waals surface area contributed by atoms with E-state index in [9.17, 15) is 4.79 Å². The highest BCUT2D eigenvalue weighted by Crippen LogP contribution is 2.27. The molecule has 0 aliphatic rings. The van der Waals surface area contributed by atoms with E-state index in [-0.39, 0.29) is 16.3 Å². The Morgan fingerprint density at radius 3 is 2.38 bits per heavy atom. The predicted octanol–water partition coefficient (Wildman–Crippen LogP) is 3.19. The summed E-state index contributed by atoms with van der Waals surface area (Å²) >= 11 is 5.59. The summed E-state index contributed by atoms with van der Waals surface area (Å²) in [6.07, 6.45) is 0.578. The number of aromatic hydroxyl groups is 1. The SMILES string of the molecule is CC.Cc1cc(Cl)c(O)c(C=O)c1. The lowest BCUT2D eigenvalue weighted by atomic mass is 10.1. The Morgan fingerprint density at radius 2 is 1.92 bits per heavy atom. The number of benzene rings is 1. The molecule has 0 aliphatic heterocycles. The maximum absolute atomic E-state index is 10.3. The first-order chi connectivity index (χ1) is 6.15. The largest absolute Gasteiger partial charge is 0.506 e. The van der Waals surface area contributed by atoms with Gasteiger partial charge in [0, 0.05) is 0 Å². The second-order valence-electron chi connectivity index (χ2n) is 2.30. The molecular weight excluding hydrogens is 188 g/mol. The number of carbonyl (C=O) groups is 1. The van der Waals surface area contributed by atoms with Gasteiger partial charge in [0.15, 0.2) is 6.29 Å². The molecule has 0 unspecified atom stereocenters. The van der Waals surface area contributed by atoms with Crippen molar-refractivity contribution >= 4 is 17.9 Å². The third kappa shape index (κ3) is 3.07. The summed E-state index contributed by atoms with van der Waals surface area (Å²) in [5.74, 6) is -0.146. The molecule has 0 radical (unpaired) electrons. The lowest BCUT2D eigenvalue weighted by Crippen LogP contribution is -1.83. The number of halogens is 1. The zero-order valence-electron chi connectivity index (χ0n) is 7.97. The molecule has 72 valence electrons. The molecule has 1 rings (SSSR count). The van der Waals surface area contributed by atoms with E-state index < -0.39 is 0 Å². The summed E-state index contributed by atoms with van der Waals surface area (Å²) in [4.78, 5) is 10.3. The fraction of sp³-hybridized carbons (Fsp3) is 0.300. The van der Waals surface area contributed by atoms with E-state index in [1.807, 2.05) is 13.8 Å². The van der Waals surface area contributed by atoms with Crippen LogP contribution in [0.3, 0.4) is 0 Å². The van der Waals surface area contributed by atoms with Crippen LogP contribution in [0.15, 0.2) is 12.1 Å². The first-order valence-corrected chi connectivity index (χ1v) is 4.47. The smallest absolute Gasteiger partial charge is 0.153 e. The quantitative estimate of drug-likeness (QED) is 0.707. The fourth-order valence-corrected chi connectivity index (χ4v) is 1.13. The van der Waals surface area contributed by atoms with Crippen molar-refractivity contribution in [3.05, 3.63) is 28.3 Å². The number of phenols is 1. The summed E-state index contributed by atoms with van der Waals surface area (Å²) in [6, 6.07) is 3.18. The van der Waals surface area contributed by atoms with Gasteiger partial charge in [0.1, 0.15) is 5.75 Å². The highest BCUT2D eigenvalue weighted by atomic mass is 35.5. The standard InChI is InChI=1S/C8H7ClO2.C2H6/c1-5-2-6(4-10)8(11)7(9)3-5;1-2/h2-4,11H,1H3;1-2H3. The van der Waals surface area contributed by atoms with E-state index >= 15 is 0 Å². The van der Waals surface area contributed by atoms with Crippen LogP contribution in [0.1, 0.15) is 29.8 Å². The van der Waals surface area contributed by atoms with Crippen molar-refractivity contribution in [2.75, 3.05) is 0 Å². The molecule has 1 N–H and O–H groups in total. The molecule has 1 aromatic carbocycles. The first-order valence-electron chi connectivity index (χ1n) is 4.09. The van der Waals surface area contributed by atoms with Crippen LogP contribution in [0.4, 0.5) is 0 Å². The number of hydrogen-bond acceptors (Lipinski definition) is 2. The van der Waals surface area contributed by atoms with E-state index in [0.717, 1.165) is 5.56 Å². The molecule has 0 heterocycles. The zero-order chi connectivity index (χ0) is 10.4. The maximum atomic E-state index is 10.3. The molecule has 0 atom stereocenters. The molecule has 0 aromatic heterocycles. The Kier molecular flexibility index (Phi) is 5.16. The van der Waals surface area contributed by atoms with Crippen molar-refractivity contribution in [2.24, 2.45) is 0 Å². The molecule has 2 nitrogen and oxygen atoms in total. The third-order valence-electron chi connectivity index (χ3n) is 1.36. The monoisotopic (exact) mass is 200 g/mol. The van der Waals surface area contributed by atoms with Crippen LogP contribution in [0.25, 0.3) is 0 Å². The zero-order valence-corrected chi connectivity index (χ0v) is 8.72. The summed E-state index contributed by atoms with van der Waals surface area (Å²) in [6.45, 7) is 5.80. The normalized spacial score (nSPS) is 8.62. The van der Waals surface area contributed by atoms with Gasteiger partial charge in [-0.05, 0) is 24.6 Å². The number of hydrogen-bond donors (Lipinski definition) is 1. The molecule has 0 aliphatic carbocycles. The van der Waals surface area contributed by atoms with Crippen LogP contribution < -0.4 is 0 Å². The Balaban J connectivity index is 0.000000671. The van der Waals surface area contributed by atoms with Crippen LogP contribution >= 0.6 is 11.6 Å². The van der Waals surface area contributed by atoms with Gasteiger partial charge in [0.25, 0.3) is 0 Å². The summed E-state index contributed by atoms with van der Waals surface area (Å²) in [5.41, 5.74) is 1.09. The Bertz CT molecular complexity index is 295. The van der Waals surface area contributed by atoms with Crippen LogP contribution in [0, 0.1) is 6.92 Å². The highest BCUT2D eigenvalue weighted by molar-refractivity contribution is 6.32. The Labute approximate surface area is 83.2 Å². The Morgan fingerprint density at radius 1 is 1.38 bits per heavy atom. The molecule has 0 amide bonds. The number of rotatable bonds is 1. The number of carbonyl (C=O) groups excluding carboxylic acids is 1. The average molecular weight is 201 g/mol. The van der Waals surface area contributed by atoms with Crippen LogP contribution in [0.2, 0.25) is 5.02 Å². The number of aryl methyl sites for hydroxylation is 1. The first kappa shape index (κ1) is 12.0. The van der Waals surface area contributed by atoms with Gasteiger partial charge in [-0.2, -0.15) is 0 Å². The molecule has 0 spiro atoms. The Hall–Kier alpha value is -1.02. The van der Waals surface area contributed by atoms with Crippen LogP contribution in [0.5, 0.6) is 5.75 Å².